The number of nitrogens with one attached hydrogen (secondary N) is 1. The zero-order chi connectivity index (χ0) is 13.8. The van der Waals surface area contributed by atoms with Gasteiger partial charge in [-0.05, 0) is 6.04 Å². The number of ether oxygens (including phenoxy) is 1. The van der Waals surface area contributed by atoms with Crippen molar-refractivity contribution in [3.05, 3.63) is 0 Å². The van der Waals surface area contributed by atoms with Crippen LogP contribution < -0.4 is 5.32 Å². The second kappa shape index (κ2) is 6.19. The van der Waals surface area contributed by atoms with Crippen LogP contribution in [0.15, 0.2) is 0 Å². The lowest BCUT2D eigenvalue weighted by Crippen LogP contribution is -2.52. The number of hydrogen-bond donors (Lipinski definition) is 2. The van der Waals surface area contributed by atoms with E-state index in [-0.39, 0.29) is 6.03 Å². The first-order chi connectivity index (χ1) is 8.29. The maximum Gasteiger partial charge on any atom is 0.325 e. The van der Waals surface area contributed by atoms with Crippen molar-refractivity contribution in [3.8, 4) is 0 Å². The Balaban J connectivity index is 2.54. The number of nitrogens with zero attached hydrogens (tertiary/aromatic N) is 1. The first-order valence-electron chi connectivity index (χ1n) is 6.15. The highest BCUT2D eigenvalue weighted by molar-refractivity contribution is 6.76. The molecule has 0 aromatic heterocycles. The zero-order valence-corrected chi connectivity index (χ0v) is 12.2. The summed E-state index contributed by atoms with van der Waals surface area (Å²) in [5.41, 5.74) is 0. The first-order valence-corrected chi connectivity index (χ1v) is 9.86. The molecule has 1 atom stereocenters. The molecule has 0 saturated carbocycles. The Hall–Kier alpha value is -1.08. The number of morpholine rings is 1. The second-order valence-electron chi connectivity index (χ2n) is 5.70. The molecule has 1 unspecified atom stereocenters. The minimum Gasteiger partial charge on any atom is -0.480 e. The van der Waals surface area contributed by atoms with Crippen LogP contribution in [-0.4, -0.2) is 62.4 Å². The number of carboxylic acid groups (broad SMARTS) is 1. The Labute approximate surface area is 108 Å². The number of carboxylic acids is 1. The summed E-state index contributed by atoms with van der Waals surface area (Å²) in [6.45, 7) is 8.33. The van der Waals surface area contributed by atoms with Crippen LogP contribution >= 0.6 is 0 Å². The number of amides is 2. The third kappa shape index (κ3) is 5.05. The van der Waals surface area contributed by atoms with Crippen LogP contribution in [0.4, 0.5) is 4.79 Å². The van der Waals surface area contributed by atoms with Gasteiger partial charge in [-0.2, -0.15) is 0 Å². The third-order valence-electron chi connectivity index (χ3n) is 2.71. The maximum atomic E-state index is 11.9. The molecule has 0 aromatic carbocycles. The van der Waals surface area contributed by atoms with Crippen molar-refractivity contribution in [2.45, 2.75) is 31.7 Å². The van der Waals surface area contributed by atoms with Crippen molar-refractivity contribution in [1.82, 2.24) is 10.2 Å². The van der Waals surface area contributed by atoms with E-state index in [1.807, 2.05) is 0 Å². The number of carbonyl (C=O) groups is 2. The van der Waals surface area contributed by atoms with Crippen molar-refractivity contribution >= 4 is 20.1 Å². The fraction of sp³-hybridized carbons (Fsp3) is 0.818. The summed E-state index contributed by atoms with van der Waals surface area (Å²) in [6, 6.07) is -0.547. The van der Waals surface area contributed by atoms with Crippen LogP contribution in [0.1, 0.15) is 0 Å². The van der Waals surface area contributed by atoms with Gasteiger partial charge in [-0.1, -0.05) is 19.6 Å². The predicted octanol–water partition coefficient (Wildman–Crippen LogP) is 0.820. The lowest BCUT2D eigenvalue weighted by Gasteiger charge is -2.29. The van der Waals surface area contributed by atoms with Crippen LogP contribution in [0.25, 0.3) is 0 Å². The van der Waals surface area contributed by atoms with Gasteiger partial charge in [0.15, 0.2) is 0 Å². The van der Waals surface area contributed by atoms with Crippen molar-refractivity contribution in [2.75, 3.05) is 26.3 Å². The van der Waals surface area contributed by atoms with E-state index in [1.54, 1.807) is 4.90 Å². The lowest BCUT2D eigenvalue weighted by molar-refractivity contribution is -0.138. The Morgan fingerprint density at radius 3 is 2.33 bits per heavy atom. The second-order valence-corrected chi connectivity index (χ2v) is 11.2. The molecular weight excluding hydrogens is 252 g/mol. The highest BCUT2D eigenvalue weighted by Crippen LogP contribution is 2.12. The minimum absolute atomic E-state index is 0.302. The molecule has 104 valence electrons. The third-order valence-corrected chi connectivity index (χ3v) is 4.34. The van der Waals surface area contributed by atoms with Gasteiger partial charge in [-0.15, -0.1) is 0 Å². The molecule has 18 heavy (non-hydrogen) atoms. The summed E-state index contributed by atoms with van der Waals surface area (Å²) in [7, 11) is -1.54. The average Bonchev–Trinajstić information content (AvgIpc) is 2.27. The van der Waals surface area contributed by atoms with E-state index in [4.69, 9.17) is 9.84 Å². The van der Waals surface area contributed by atoms with Crippen LogP contribution in [0, 0.1) is 0 Å². The molecule has 7 heteroatoms. The number of aliphatic carboxylic acids is 1. The smallest absolute Gasteiger partial charge is 0.325 e. The Kier molecular flexibility index (Phi) is 5.15. The average molecular weight is 274 g/mol. The molecule has 1 heterocycles. The summed E-state index contributed by atoms with van der Waals surface area (Å²) in [5, 5.41) is 11.8. The van der Waals surface area contributed by atoms with E-state index >= 15 is 0 Å². The molecule has 1 fully saturated rings. The summed E-state index contributed by atoms with van der Waals surface area (Å²) in [5.74, 6) is -0.959. The SMILES string of the molecule is C[Si](C)(C)CC(NC(=O)N1CCOCC1)C(=O)O. The summed E-state index contributed by atoms with van der Waals surface area (Å²) in [4.78, 5) is 24.7. The maximum absolute atomic E-state index is 11.9. The number of carbonyl (C=O) groups excluding carboxylic acids is 1. The van der Waals surface area contributed by atoms with Gasteiger partial charge in [0.2, 0.25) is 0 Å². The molecule has 0 aliphatic carbocycles. The predicted molar refractivity (Wildman–Crippen MR) is 70.5 cm³/mol. The molecule has 0 aromatic rings. The van der Waals surface area contributed by atoms with Gasteiger partial charge in [-0.3, -0.25) is 4.79 Å². The van der Waals surface area contributed by atoms with E-state index < -0.39 is 20.1 Å². The normalized spacial score (nSPS) is 18.3. The fourth-order valence-corrected chi connectivity index (χ4v) is 3.32. The van der Waals surface area contributed by atoms with Crippen LogP contribution in [0.3, 0.4) is 0 Å². The fourth-order valence-electron chi connectivity index (χ4n) is 1.82. The van der Waals surface area contributed by atoms with Crippen molar-refractivity contribution in [2.24, 2.45) is 0 Å². The van der Waals surface area contributed by atoms with Crippen LogP contribution in [0.2, 0.25) is 25.7 Å². The van der Waals surface area contributed by atoms with E-state index in [0.29, 0.717) is 32.3 Å². The minimum atomic E-state index is -1.54. The van der Waals surface area contributed by atoms with Gasteiger partial charge in [0, 0.05) is 21.2 Å². The van der Waals surface area contributed by atoms with Gasteiger partial charge in [-0.25, -0.2) is 4.79 Å². The monoisotopic (exact) mass is 274 g/mol. The molecule has 6 nitrogen and oxygen atoms in total. The van der Waals surface area contributed by atoms with Crippen LogP contribution in [-0.2, 0) is 9.53 Å². The molecule has 0 radical (unpaired) electrons. The molecule has 1 aliphatic rings. The van der Waals surface area contributed by atoms with E-state index in [9.17, 15) is 9.59 Å². The van der Waals surface area contributed by atoms with Crippen molar-refractivity contribution in [3.63, 3.8) is 0 Å². The van der Waals surface area contributed by atoms with Crippen molar-refractivity contribution < 1.29 is 19.4 Å². The van der Waals surface area contributed by atoms with Crippen LogP contribution in [0.5, 0.6) is 0 Å². The standard InChI is InChI=1S/C11H22N2O4Si/c1-18(2,3)8-9(10(14)15)12-11(16)13-4-6-17-7-5-13/h9H,4-8H2,1-3H3,(H,12,16)(H,14,15). The van der Waals surface area contributed by atoms with E-state index in [2.05, 4.69) is 25.0 Å². The van der Waals surface area contributed by atoms with Gasteiger partial charge in [0.25, 0.3) is 0 Å². The molecule has 2 amide bonds. The van der Waals surface area contributed by atoms with Gasteiger partial charge in [0.05, 0.1) is 13.2 Å². The van der Waals surface area contributed by atoms with Gasteiger partial charge in [0.1, 0.15) is 6.04 Å². The largest absolute Gasteiger partial charge is 0.480 e. The summed E-state index contributed by atoms with van der Waals surface area (Å²) < 4.78 is 5.15. The first kappa shape index (κ1) is 15.0. The molecule has 0 spiro atoms. The molecule has 0 bridgehead atoms. The Morgan fingerprint density at radius 1 is 1.33 bits per heavy atom. The lowest BCUT2D eigenvalue weighted by atomic mass is 10.3. The van der Waals surface area contributed by atoms with E-state index in [0.717, 1.165) is 0 Å². The molecular formula is C11H22N2O4Si. The number of hydrogen-bond acceptors (Lipinski definition) is 3. The van der Waals surface area contributed by atoms with Crippen molar-refractivity contribution in [1.29, 1.82) is 0 Å². The van der Waals surface area contributed by atoms with Gasteiger partial charge >= 0.3 is 12.0 Å². The number of rotatable bonds is 4. The summed E-state index contributed by atoms with van der Waals surface area (Å²) in [6.07, 6.45) is 0. The highest BCUT2D eigenvalue weighted by Gasteiger charge is 2.29. The van der Waals surface area contributed by atoms with E-state index in [1.165, 1.54) is 0 Å². The Morgan fingerprint density at radius 2 is 1.89 bits per heavy atom. The van der Waals surface area contributed by atoms with Gasteiger partial charge < -0.3 is 20.1 Å². The molecule has 1 rings (SSSR count). The topological polar surface area (TPSA) is 78.9 Å². The molecule has 1 saturated heterocycles. The highest BCUT2D eigenvalue weighted by atomic mass is 28.3. The Bertz CT molecular complexity index is 311. The molecule has 2 N–H and O–H groups in total. The molecule has 1 aliphatic heterocycles. The summed E-state index contributed by atoms with van der Waals surface area (Å²) >= 11 is 0. The quantitative estimate of drug-likeness (QED) is 0.744. The zero-order valence-electron chi connectivity index (χ0n) is 11.2. The number of urea groups is 1.